The fourth-order valence-electron chi connectivity index (χ4n) is 0.618. The molecule has 0 saturated heterocycles. The van der Waals surface area contributed by atoms with E-state index in [9.17, 15) is 9.59 Å². The SMILES string of the molecule is CC(=O)CSC(=NCC(=O)O)N(C)C. The minimum atomic E-state index is -0.979. The minimum Gasteiger partial charge on any atom is -0.480 e. The first kappa shape index (κ1) is 13.0. The van der Waals surface area contributed by atoms with Crippen molar-refractivity contribution in [3.63, 3.8) is 0 Å². The third kappa shape index (κ3) is 6.47. The van der Waals surface area contributed by atoms with Crippen molar-refractivity contribution in [3.8, 4) is 0 Å². The molecule has 6 heteroatoms. The average molecular weight is 218 g/mol. The maximum Gasteiger partial charge on any atom is 0.325 e. The van der Waals surface area contributed by atoms with Crippen molar-refractivity contribution in [1.29, 1.82) is 0 Å². The van der Waals surface area contributed by atoms with Crippen LogP contribution < -0.4 is 0 Å². The highest BCUT2D eigenvalue weighted by molar-refractivity contribution is 8.14. The van der Waals surface area contributed by atoms with Crippen molar-refractivity contribution in [2.45, 2.75) is 6.92 Å². The molecule has 0 radical (unpaired) electrons. The van der Waals surface area contributed by atoms with Crippen LogP contribution in [0.4, 0.5) is 0 Å². The number of hydrogen-bond donors (Lipinski definition) is 1. The largest absolute Gasteiger partial charge is 0.480 e. The number of carboxylic acid groups (broad SMARTS) is 1. The Morgan fingerprint density at radius 2 is 2.00 bits per heavy atom. The molecule has 0 heterocycles. The van der Waals surface area contributed by atoms with E-state index < -0.39 is 5.97 Å². The molecule has 0 amide bonds. The number of Topliss-reactive ketones (excluding diaryl/α,β-unsaturated/α-hetero) is 1. The van der Waals surface area contributed by atoms with Crippen molar-refractivity contribution >= 4 is 28.7 Å². The molecular formula is C8H14N2O3S. The number of nitrogens with zero attached hydrogens (tertiary/aromatic N) is 2. The number of rotatable bonds is 4. The first-order valence-corrected chi connectivity index (χ1v) is 4.98. The summed E-state index contributed by atoms with van der Waals surface area (Å²) in [4.78, 5) is 26.5. The Morgan fingerprint density at radius 3 is 2.36 bits per heavy atom. The van der Waals surface area contributed by atoms with E-state index in [1.165, 1.54) is 18.7 Å². The Kier molecular flexibility index (Phi) is 5.94. The van der Waals surface area contributed by atoms with Gasteiger partial charge in [-0.2, -0.15) is 0 Å². The number of hydrogen-bond acceptors (Lipinski definition) is 4. The van der Waals surface area contributed by atoms with E-state index in [1.807, 2.05) is 0 Å². The monoisotopic (exact) mass is 218 g/mol. The van der Waals surface area contributed by atoms with Crippen molar-refractivity contribution in [2.24, 2.45) is 4.99 Å². The van der Waals surface area contributed by atoms with Crippen LogP contribution in [0.15, 0.2) is 4.99 Å². The molecule has 0 fully saturated rings. The summed E-state index contributed by atoms with van der Waals surface area (Å²) in [5.74, 6) is -0.621. The van der Waals surface area contributed by atoms with Crippen molar-refractivity contribution in [1.82, 2.24) is 4.90 Å². The summed E-state index contributed by atoms with van der Waals surface area (Å²) in [5, 5.41) is 8.98. The maximum atomic E-state index is 10.7. The zero-order valence-corrected chi connectivity index (χ0v) is 9.30. The highest BCUT2D eigenvalue weighted by atomic mass is 32.2. The molecule has 80 valence electrons. The number of amidine groups is 1. The van der Waals surface area contributed by atoms with Gasteiger partial charge in [0.2, 0.25) is 0 Å². The molecule has 1 N–H and O–H groups in total. The predicted octanol–water partition coefficient (Wildman–Crippen LogP) is 0.311. The van der Waals surface area contributed by atoms with E-state index in [2.05, 4.69) is 4.99 Å². The van der Waals surface area contributed by atoms with Gasteiger partial charge in [-0.15, -0.1) is 0 Å². The average Bonchev–Trinajstić information content (AvgIpc) is 2.02. The zero-order valence-electron chi connectivity index (χ0n) is 8.48. The van der Waals surface area contributed by atoms with Crippen LogP contribution in [0.5, 0.6) is 0 Å². The summed E-state index contributed by atoms with van der Waals surface area (Å²) in [5.41, 5.74) is 0. The van der Waals surface area contributed by atoms with Gasteiger partial charge in [0.1, 0.15) is 12.3 Å². The summed E-state index contributed by atoms with van der Waals surface area (Å²) < 4.78 is 0. The van der Waals surface area contributed by atoms with Gasteiger partial charge in [-0.25, -0.2) is 0 Å². The fraction of sp³-hybridized carbons (Fsp3) is 0.625. The van der Waals surface area contributed by atoms with E-state index in [4.69, 9.17) is 5.11 Å². The van der Waals surface area contributed by atoms with Gasteiger partial charge in [0.25, 0.3) is 0 Å². The smallest absolute Gasteiger partial charge is 0.325 e. The van der Waals surface area contributed by atoms with E-state index in [0.717, 1.165) is 0 Å². The molecule has 0 aromatic carbocycles. The number of carbonyl (C=O) groups is 2. The number of aliphatic imine (C=N–C) groups is 1. The van der Waals surface area contributed by atoms with Gasteiger partial charge in [-0.3, -0.25) is 14.6 Å². The second-order valence-electron chi connectivity index (χ2n) is 2.88. The Bertz CT molecular complexity index is 251. The van der Waals surface area contributed by atoms with Crippen LogP contribution in [0, 0.1) is 0 Å². The predicted molar refractivity (Wildman–Crippen MR) is 56.8 cm³/mol. The van der Waals surface area contributed by atoms with Crippen LogP contribution in [0.1, 0.15) is 6.92 Å². The molecular weight excluding hydrogens is 204 g/mol. The summed E-state index contributed by atoms with van der Waals surface area (Å²) in [6.07, 6.45) is 0. The third-order valence-electron chi connectivity index (χ3n) is 1.14. The number of thioether (sulfide) groups is 1. The van der Waals surface area contributed by atoms with E-state index in [1.54, 1.807) is 19.0 Å². The molecule has 0 rings (SSSR count). The van der Waals surface area contributed by atoms with Gasteiger partial charge in [0.15, 0.2) is 5.17 Å². The molecule has 0 unspecified atom stereocenters. The second kappa shape index (κ2) is 6.42. The van der Waals surface area contributed by atoms with Gasteiger partial charge in [0, 0.05) is 14.1 Å². The molecule has 0 aliphatic rings. The summed E-state index contributed by atoms with van der Waals surface area (Å²) >= 11 is 1.24. The first-order chi connectivity index (χ1) is 6.43. The summed E-state index contributed by atoms with van der Waals surface area (Å²) in [6, 6.07) is 0. The molecule has 0 bridgehead atoms. The van der Waals surface area contributed by atoms with Gasteiger partial charge in [-0.05, 0) is 6.92 Å². The lowest BCUT2D eigenvalue weighted by molar-refractivity contribution is -0.135. The quantitative estimate of drug-likeness (QED) is 0.543. The fourth-order valence-corrected chi connectivity index (χ4v) is 1.36. The van der Waals surface area contributed by atoms with E-state index in [-0.39, 0.29) is 12.3 Å². The number of aliphatic carboxylic acids is 1. The molecule has 14 heavy (non-hydrogen) atoms. The summed E-state index contributed by atoms with van der Waals surface area (Å²) in [7, 11) is 3.52. The summed E-state index contributed by atoms with van der Waals surface area (Å²) in [6.45, 7) is 1.22. The van der Waals surface area contributed by atoms with Crippen molar-refractivity contribution < 1.29 is 14.7 Å². The lowest BCUT2D eigenvalue weighted by Crippen LogP contribution is -2.21. The second-order valence-corrected chi connectivity index (χ2v) is 3.82. The lowest BCUT2D eigenvalue weighted by atomic mass is 10.5. The molecule has 0 spiro atoms. The number of carboxylic acids is 1. The Labute approximate surface area is 87.2 Å². The van der Waals surface area contributed by atoms with Crippen molar-refractivity contribution in [2.75, 3.05) is 26.4 Å². The van der Waals surface area contributed by atoms with Crippen LogP contribution >= 0.6 is 11.8 Å². The minimum absolute atomic E-state index is 0.0416. The van der Waals surface area contributed by atoms with Crippen LogP contribution in [0.25, 0.3) is 0 Å². The van der Waals surface area contributed by atoms with Gasteiger partial charge >= 0.3 is 5.97 Å². The molecule has 0 saturated carbocycles. The van der Waals surface area contributed by atoms with Crippen LogP contribution in [-0.2, 0) is 9.59 Å². The molecule has 0 aliphatic carbocycles. The Balaban J connectivity index is 4.21. The molecule has 0 aliphatic heterocycles. The van der Waals surface area contributed by atoms with Crippen LogP contribution in [-0.4, -0.2) is 53.3 Å². The highest BCUT2D eigenvalue weighted by Gasteiger charge is 2.05. The molecule has 0 aromatic rings. The zero-order chi connectivity index (χ0) is 11.1. The van der Waals surface area contributed by atoms with Crippen LogP contribution in [0.3, 0.4) is 0 Å². The Morgan fingerprint density at radius 1 is 1.43 bits per heavy atom. The Hall–Kier alpha value is -1.04. The normalized spacial score (nSPS) is 11.2. The van der Waals surface area contributed by atoms with Gasteiger partial charge in [-0.1, -0.05) is 11.8 Å². The standard InChI is InChI=1S/C8H14N2O3S/c1-6(11)5-14-8(10(2)3)9-4-7(12)13/h4-5H2,1-3H3,(H,12,13). The topological polar surface area (TPSA) is 70.0 Å². The van der Waals surface area contributed by atoms with E-state index in [0.29, 0.717) is 10.9 Å². The highest BCUT2D eigenvalue weighted by Crippen LogP contribution is 2.06. The van der Waals surface area contributed by atoms with Gasteiger partial charge in [0.05, 0.1) is 5.75 Å². The van der Waals surface area contributed by atoms with Gasteiger partial charge < -0.3 is 10.0 Å². The van der Waals surface area contributed by atoms with Crippen LogP contribution in [0.2, 0.25) is 0 Å². The molecule has 0 atom stereocenters. The first-order valence-electron chi connectivity index (χ1n) is 3.99. The third-order valence-corrected chi connectivity index (χ3v) is 2.44. The van der Waals surface area contributed by atoms with E-state index >= 15 is 0 Å². The molecule has 0 aromatic heterocycles. The van der Waals surface area contributed by atoms with Crippen molar-refractivity contribution in [3.05, 3.63) is 0 Å². The lowest BCUT2D eigenvalue weighted by Gasteiger charge is -2.13. The maximum absolute atomic E-state index is 10.7. The number of carbonyl (C=O) groups excluding carboxylic acids is 1. The number of ketones is 1. The molecule has 5 nitrogen and oxygen atoms in total.